The largest absolute Gasteiger partial charge is 0.494 e. The van der Waals surface area contributed by atoms with Crippen LogP contribution in [0.3, 0.4) is 0 Å². The number of aromatic nitrogens is 2. The fourth-order valence-corrected chi connectivity index (χ4v) is 3.32. The van der Waals surface area contributed by atoms with Gasteiger partial charge < -0.3 is 15.0 Å². The standard InChI is InChI=1S/C19H26N4O2/c1-3-25-18-7-5-4-6-17(18)12-20-19(24)23-9-8-15(14-23)10-16-11-21-22(2)13-16/h4-7,11,13,15H,3,8-10,12,14H2,1-2H3,(H,20,24)/t15-/m1/s1. The lowest BCUT2D eigenvalue weighted by Crippen LogP contribution is -2.38. The van der Waals surface area contributed by atoms with E-state index in [0.29, 0.717) is 19.1 Å². The number of para-hydroxylation sites is 1. The van der Waals surface area contributed by atoms with Crippen LogP contribution in [0, 0.1) is 5.92 Å². The van der Waals surface area contributed by atoms with Gasteiger partial charge in [-0.2, -0.15) is 5.10 Å². The number of likely N-dealkylation sites (tertiary alicyclic amines) is 1. The average Bonchev–Trinajstić information content (AvgIpc) is 3.23. The molecule has 2 heterocycles. The molecule has 1 saturated heterocycles. The summed E-state index contributed by atoms with van der Waals surface area (Å²) in [7, 11) is 1.93. The van der Waals surface area contributed by atoms with E-state index in [4.69, 9.17) is 4.74 Å². The molecule has 0 aliphatic carbocycles. The molecule has 25 heavy (non-hydrogen) atoms. The summed E-state index contributed by atoms with van der Waals surface area (Å²) < 4.78 is 7.43. The number of urea groups is 1. The molecule has 2 aromatic rings. The van der Waals surface area contributed by atoms with Gasteiger partial charge in [-0.25, -0.2) is 4.79 Å². The highest BCUT2D eigenvalue weighted by atomic mass is 16.5. The van der Waals surface area contributed by atoms with Gasteiger partial charge in [-0.3, -0.25) is 4.68 Å². The van der Waals surface area contributed by atoms with Crippen LogP contribution in [-0.4, -0.2) is 40.4 Å². The van der Waals surface area contributed by atoms with Gasteiger partial charge >= 0.3 is 6.03 Å². The van der Waals surface area contributed by atoms with Gasteiger partial charge in [0.05, 0.1) is 12.8 Å². The molecule has 2 amide bonds. The summed E-state index contributed by atoms with van der Waals surface area (Å²) in [5.74, 6) is 1.34. The Morgan fingerprint density at radius 3 is 3.00 bits per heavy atom. The second-order valence-corrected chi connectivity index (χ2v) is 6.53. The van der Waals surface area contributed by atoms with E-state index in [9.17, 15) is 4.79 Å². The third-order valence-corrected chi connectivity index (χ3v) is 4.56. The molecular weight excluding hydrogens is 316 g/mol. The lowest BCUT2D eigenvalue weighted by Gasteiger charge is -2.18. The van der Waals surface area contributed by atoms with Gasteiger partial charge in [0.2, 0.25) is 0 Å². The number of rotatable bonds is 6. The van der Waals surface area contributed by atoms with Crippen LogP contribution in [0.25, 0.3) is 0 Å². The quantitative estimate of drug-likeness (QED) is 0.878. The molecule has 0 unspecified atom stereocenters. The summed E-state index contributed by atoms with van der Waals surface area (Å²) >= 11 is 0. The van der Waals surface area contributed by atoms with E-state index in [0.717, 1.165) is 37.2 Å². The number of benzene rings is 1. The number of nitrogens with zero attached hydrogens (tertiary/aromatic N) is 3. The normalized spacial score (nSPS) is 16.9. The predicted molar refractivity (Wildman–Crippen MR) is 96.4 cm³/mol. The van der Waals surface area contributed by atoms with Crippen molar-refractivity contribution in [3.8, 4) is 5.75 Å². The first kappa shape index (κ1) is 17.3. The number of hydrogen-bond donors (Lipinski definition) is 1. The Bertz CT molecular complexity index is 713. The van der Waals surface area contributed by atoms with Crippen LogP contribution in [0.5, 0.6) is 5.75 Å². The van der Waals surface area contributed by atoms with Crippen molar-refractivity contribution in [2.24, 2.45) is 13.0 Å². The molecule has 134 valence electrons. The number of carbonyl (C=O) groups is 1. The van der Waals surface area contributed by atoms with Crippen molar-refractivity contribution in [1.29, 1.82) is 0 Å². The highest BCUT2D eigenvalue weighted by Gasteiger charge is 2.26. The van der Waals surface area contributed by atoms with Gasteiger partial charge in [0, 0.05) is 38.4 Å². The Morgan fingerprint density at radius 2 is 2.24 bits per heavy atom. The summed E-state index contributed by atoms with van der Waals surface area (Å²) in [6, 6.07) is 7.83. The number of aryl methyl sites for hydroxylation is 1. The van der Waals surface area contributed by atoms with E-state index in [1.165, 1.54) is 5.56 Å². The maximum Gasteiger partial charge on any atom is 0.317 e. The number of nitrogens with one attached hydrogen (secondary N) is 1. The van der Waals surface area contributed by atoms with Gasteiger partial charge in [0.25, 0.3) is 0 Å². The Balaban J connectivity index is 1.49. The van der Waals surface area contributed by atoms with Crippen molar-refractivity contribution in [2.75, 3.05) is 19.7 Å². The lowest BCUT2D eigenvalue weighted by molar-refractivity contribution is 0.206. The zero-order valence-corrected chi connectivity index (χ0v) is 14.9. The first-order valence-electron chi connectivity index (χ1n) is 8.86. The van der Waals surface area contributed by atoms with Crippen LogP contribution in [-0.2, 0) is 20.0 Å². The van der Waals surface area contributed by atoms with Crippen LogP contribution in [0.1, 0.15) is 24.5 Å². The van der Waals surface area contributed by atoms with Gasteiger partial charge in [-0.05, 0) is 37.3 Å². The molecule has 6 nitrogen and oxygen atoms in total. The van der Waals surface area contributed by atoms with Gasteiger partial charge in [-0.15, -0.1) is 0 Å². The minimum atomic E-state index is -0.0000109. The van der Waals surface area contributed by atoms with E-state index in [2.05, 4.69) is 10.4 Å². The number of hydrogen-bond acceptors (Lipinski definition) is 3. The van der Waals surface area contributed by atoms with E-state index in [1.54, 1.807) is 0 Å². The molecule has 1 aromatic heterocycles. The van der Waals surface area contributed by atoms with Crippen LogP contribution < -0.4 is 10.1 Å². The maximum atomic E-state index is 12.4. The zero-order valence-electron chi connectivity index (χ0n) is 14.9. The SMILES string of the molecule is CCOc1ccccc1CNC(=O)N1CC[C@H](Cc2cnn(C)c2)C1. The molecule has 1 aliphatic rings. The Labute approximate surface area is 148 Å². The van der Waals surface area contributed by atoms with E-state index >= 15 is 0 Å². The zero-order chi connectivity index (χ0) is 17.6. The summed E-state index contributed by atoms with van der Waals surface area (Å²) in [5, 5.41) is 7.23. The van der Waals surface area contributed by atoms with Crippen molar-refractivity contribution in [2.45, 2.75) is 26.3 Å². The minimum absolute atomic E-state index is 0.0000109. The Morgan fingerprint density at radius 1 is 1.40 bits per heavy atom. The summed E-state index contributed by atoms with van der Waals surface area (Å²) in [6.07, 6.45) is 5.98. The van der Waals surface area contributed by atoms with Crippen LogP contribution in [0.15, 0.2) is 36.7 Å². The second kappa shape index (κ2) is 8.05. The fraction of sp³-hybridized carbons (Fsp3) is 0.474. The molecule has 1 N–H and O–H groups in total. The molecule has 1 fully saturated rings. The summed E-state index contributed by atoms with van der Waals surface area (Å²) in [5.41, 5.74) is 2.24. The molecule has 0 saturated carbocycles. The van der Waals surface area contributed by atoms with Crippen molar-refractivity contribution in [3.05, 3.63) is 47.8 Å². The van der Waals surface area contributed by atoms with Gasteiger partial charge in [0.1, 0.15) is 5.75 Å². The molecule has 0 radical (unpaired) electrons. The molecule has 3 rings (SSSR count). The predicted octanol–water partition coefficient (Wildman–Crippen LogP) is 2.59. The molecular formula is C19H26N4O2. The minimum Gasteiger partial charge on any atom is -0.494 e. The summed E-state index contributed by atoms with van der Waals surface area (Å²) in [6.45, 7) is 4.67. The average molecular weight is 342 g/mol. The first-order valence-corrected chi connectivity index (χ1v) is 8.86. The molecule has 1 atom stereocenters. The van der Waals surface area contributed by atoms with Crippen molar-refractivity contribution in [1.82, 2.24) is 20.0 Å². The topological polar surface area (TPSA) is 59.4 Å². The molecule has 1 aromatic carbocycles. The smallest absolute Gasteiger partial charge is 0.317 e. The maximum absolute atomic E-state index is 12.4. The molecule has 6 heteroatoms. The third kappa shape index (κ3) is 4.53. The number of amides is 2. The van der Waals surface area contributed by atoms with Gasteiger partial charge in [0.15, 0.2) is 0 Å². The van der Waals surface area contributed by atoms with Gasteiger partial charge in [-0.1, -0.05) is 18.2 Å². The van der Waals surface area contributed by atoms with Crippen molar-refractivity contribution >= 4 is 6.03 Å². The first-order chi connectivity index (χ1) is 12.2. The molecule has 0 spiro atoms. The number of ether oxygens (including phenoxy) is 1. The van der Waals surface area contributed by atoms with E-state index < -0.39 is 0 Å². The van der Waals surface area contributed by atoms with Crippen LogP contribution >= 0.6 is 0 Å². The lowest BCUT2D eigenvalue weighted by atomic mass is 10.0. The van der Waals surface area contributed by atoms with Crippen molar-refractivity contribution < 1.29 is 9.53 Å². The van der Waals surface area contributed by atoms with Crippen molar-refractivity contribution in [3.63, 3.8) is 0 Å². The summed E-state index contributed by atoms with van der Waals surface area (Å²) in [4.78, 5) is 14.4. The third-order valence-electron chi connectivity index (χ3n) is 4.56. The Hall–Kier alpha value is -2.50. The Kier molecular flexibility index (Phi) is 5.58. The monoisotopic (exact) mass is 342 g/mol. The highest BCUT2D eigenvalue weighted by Crippen LogP contribution is 2.21. The van der Waals surface area contributed by atoms with E-state index in [-0.39, 0.29) is 6.03 Å². The number of carbonyl (C=O) groups excluding carboxylic acids is 1. The van der Waals surface area contributed by atoms with E-state index in [1.807, 2.05) is 60.2 Å². The molecule has 0 bridgehead atoms. The highest BCUT2D eigenvalue weighted by molar-refractivity contribution is 5.74. The van der Waals surface area contributed by atoms with Crippen LogP contribution in [0.4, 0.5) is 4.79 Å². The molecule has 1 aliphatic heterocycles. The fourth-order valence-electron chi connectivity index (χ4n) is 3.32. The second-order valence-electron chi connectivity index (χ2n) is 6.53. The van der Waals surface area contributed by atoms with Crippen LogP contribution in [0.2, 0.25) is 0 Å².